The third kappa shape index (κ3) is 1.61. The van der Waals surface area contributed by atoms with Crippen molar-refractivity contribution in [3.63, 3.8) is 0 Å². The van der Waals surface area contributed by atoms with Gasteiger partial charge in [-0.25, -0.2) is 0 Å². The summed E-state index contributed by atoms with van der Waals surface area (Å²) in [6, 6.07) is 1.81. The van der Waals surface area contributed by atoms with Crippen LogP contribution in [0.5, 0.6) is 0 Å². The molecule has 0 fully saturated rings. The van der Waals surface area contributed by atoms with E-state index in [-0.39, 0.29) is 0 Å². The Hall–Kier alpha value is -1.69. The Labute approximate surface area is 96.9 Å². The van der Waals surface area contributed by atoms with Gasteiger partial charge >= 0.3 is 0 Å². The number of rotatable bonds is 1. The minimum Gasteiger partial charge on any atom is -0.361 e. The zero-order valence-electron chi connectivity index (χ0n) is 8.41. The van der Waals surface area contributed by atoms with E-state index in [9.17, 15) is 0 Å². The summed E-state index contributed by atoms with van der Waals surface area (Å²) in [5.41, 5.74) is 0.967. The van der Waals surface area contributed by atoms with E-state index < -0.39 is 0 Å². The minimum absolute atomic E-state index is 0.407. The Morgan fingerprint density at radius 1 is 1.19 bits per heavy atom. The van der Waals surface area contributed by atoms with Crippen LogP contribution in [0.25, 0.3) is 0 Å². The van der Waals surface area contributed by atoms with Crippen molar-refractivity contribution < 1.29 is 0 Å². The lowest BCUT2D eigenvalue weighted by molar-refractivity contribution is 0.559. The number of hydrogen-bond donors (Lipinski definition) is 0. The number of hydrogen-bond acceptors (Lipinski definition) is 5. The maximum absolute atomic E-state index is 5.81. The first-order chi connectivity index (χ1) is 7.83. The standard InChI is InChI=1S/C9H9ClN6/c10-8-3-7(4-11-13-8)15-1-2-16-6-12-14-9(16)5-15/h3-4,6H,1-2,5H2. The van der Waals surface area contributed by atoms with Crippen LogP contribution in [0.15, 0.2) is 18.6 Å². The van der Waals surface area contributed by atoms with Gasteiger partial charge in [-0.1, -0.05) is 11.6 Å². The molecule has 0 N–H and O–H groups in total. The SMILES string of the molecule is Clc1cc(N2CCn3cnnc3C2)cnn1. The van der Waals surface area contributed by atoms with Crippen molar-refractivity contribution in [2.45, 2.75) is 13.1 Å². The summed E-state index contributed by atoms with van der Waals surface area (Å²) >= 11 is 5.81. The van der Waals surface area contributed by atoms with Gasteiger partial charge in [0.05, 0.1) is 18.4 Å². The lowest BCUT2D eigenvalue weighted by atomic mass is 10.3. The summed E-state index contributed by atoms with van der Waals surface area (Å²) in [4.78, 5) is 2.16. The molecule has 0 saturated carbocycles. The molecule has 0 atom stereocenters. The van der Waals surface area contributed by atoms with Gasteiger partial charge in [-0.05, 0) is 0 Å². The Balaban J connectivity index is 1.88. The molecule has 1 aliphatic heterocycles. The smallest absolute Gasteiger partial charge is 0.153 e. The number of fused-ring (bicyclic) bond motifs is 1. The summed E-state index contributed by atoms with van der Waals surface area (Å²) in [6.07, 6.45) is 3.46. The fraction of sp³-hybridized carbons (Fsp3) is 0.333. The van der Waals surface area contributed by atoms with Crippen molar-refractivity contribution in [3.05, 3.63) is 29.6 Å². The number of halogens is 1. The average Bonchev–Trinajstić information content (AvgIpc) is 2.75. The molecule has 82 valence electrons. The molecular formula is C9H9ClN6. The summed E-state index contributed by atoms with van der Waals surface area (Å²) < 4.78 is 2.05. The molecule has 0 aliphatic carbocycles. The lowest BCUT2D eigenvalue weighted by Gasteiger charge is -2.28. The molecule has 0 unspecified atom stereocenters. The molecule has 16 heavy (non-hydrogen) atoms. The summed E-state index contributed by atoms with van der Waals surface area (Å²) in [5.74, 6) is 0.958. The molecule has 1 aliphatic rings. The van der Waals surface area contributed by atoms with Gasteiger partial charge in [0.25, 0.3) is 0 Å². The molecule has 0 aromatic carbocycles. The predicted molar refractivity (Wildman–Crippen MR) is 58.1 cm³/mol. The highest BCUT2D eigenvalue weighted by Gasteiger charge is 2.18. The van der Waals surface area contributed by atoms with Gasteiger partial charge in [-0.15, -0.1) is 15.3 Å². The highest BCUT2D eigenvalue weighted by atomic mass is 35.5. The van der Waals surface area contributed by atoms with Crippen molar-refractivity contribution >= 4 is 17.3 Å². The van der Waals surface area contributed by atoms with Crippen LogP contribution in [0.3, 0.4) is 0 Å². The first-order valence-corrected chi connectivity index (χ1v) is 5.30. The van der Waals surface area contributed by atoms with Crippen LogP contribution in [0, 0.1) is 0 Å². The quantitative estimate of drug-likeness (QED) is 0.731. The van der Waals surface area contributed by atoms with Crippen LogP contribution in [-0.4, -0.2) is 31.5 Å². The number of aromatic nitrogens is 5. The largest absolute Gasteiger partial charge is 0.361 e. The predicted octanol–water partition coefficient (Wildman–Crippen LogP) is 0.742. The summed E-state index contributed by atoms with van der Waals surface area (Å²) in [7, 11) is 0. The maximum atomic E-state index is 5.81. The van der Waals surface area contributed by atoms with Gasteiger partial charge in [0.2, 0.25) is 0 Å². The highest BCUT2D eigenvalue weighted by molar-refractivity contribution is 6.29. The molecule has 6 nitrogen and oxygen atoms in total. The van der Waals surface area contributed by atoms with E-state index in [1.54, 1.807) is 18.6 Å². The van der Waals surface area contributed by atoms with E-state index in [0.29, 0.717) is 5.15 Å². The van der Waals surface area contributed by atoms with Crippen molar-refractivity contribution in [1.82, 2.24) is 25.0 Å². The minimum atomic E-state index is 0.407. The fourth-order valence-corrected chi connectivity index (χ4v) is 1.95. The highest BCUT2D eigenvalue weighted by Crippen LogP contribution is 2.20. The van der Waals surface area contributed by atoms with Gasteiger partial charge in [-0.3, -0.25) is 0 Å². The van der Waals surface area contributed by atoms with Crippen LogP contribution >= 0.6 is 11.6 Å². The molecule has 3 rings (SSSR count). The van der Waals surface area contributed by atoms with E-state index in [4.69, 9.17) is 11.6 Å². The summed E-state index contributed by atoms with van der Waals surface area (Å²) in [6.45, 7) is 2.50. The number of nitrogens with zero attached hydrogens (tertiary/aromatic N) is 6. The topological polar surface area (TPSA) is 59.7 Å². The number of anilines is 1. The Bertz CT molecular complexity index is 510. The first-order valence-electron chi connectivity index (χ1n) is 4.93. The maximum Gasteiger partial charge on any atom is 0.153 e. The van der Waals surface area contributed by atoms with Gasteiger partial charge in [-0.2, -0.15) is 5.10 Å². The molecule has 3 heterocycles. The molecule has 0 radical (unpaired) electrons. The van der Waals surface area contributed by atoms with E-state index in [1.807, 2.05) is 4.57 Å². The molecule has 0 amide bonds. The zero-order valence-corrected chi connectivity index (χ0v) is 9.17. The molecular weight excluding hydrogens is 228 g/mol. The Kier molecular flexibility index (Phi) is 2.21. The van der Waals surface area contributed by atoms with Gasteiger partial charge in [0.15, 0.2) is 11.0 Å². The van der Waals surface area contributed by atoms with Crippen LogP contribution in [-0.2, 0) is 13.1 Å². The Morgan fingerprint density at radius 3 is 3.00 bits per heavy atom. The van der Waals surface area contributed by atoms with Crippen LogP contribution < -0.4 is 4.90 Å². The third-order valence-corrected chi connectivity index (χ3v) is 2.80. The molecule has 0 saturated heterocycles. The van der Waals surface area contributed by atoms with E-state index in [1.165, 1.54) is 0 Å². The van der Waals surface area contributed by atoms with Crippen molar-refractivity contribution in [2.24, 2.45) is 0 Å². The molecule has 2 aromatic heterocycles. The molecule has 7 heteroatoms. The van der Waals surface area contributed by atoms with Gasteiger partial charge < -0.3 is 9.47 Å². The van der Waals surface area contributed by atoms with Crippen LogP contribution in [0.4, 0.5) is 5.69 Å². The fourth-order valence-electron chi connectivity index (χ4n) is 1.79. The van der Waals surface area contributed by atoms with E-state index in [0.717, 1.165) is 31.1 Å². The van der Waals surface area contributed by atoms with Crippen molar-refractivity contribution in [3.8, 4) is 0 Å². The molecule has 0 bridgehead atoms. The van der Waals surface area contributed by atoms with Gasteiger partial charge in [0, 0.05) is 19.2 Å². The second kappa shape index (κ2) is 3.71. The van der Waals surface area contributed by atoms with Crippen molar-refractivity contribution in [2.75, 3.05) is 11.4 Å². The van der Waals surface area contributed by atoms with Crippen LogP contribution in [0.2, 0.25) is 5.15 Å². The van der Waals surface area contributed by atoms with Crippen molar-refractivity contribution in [1.29, 1.82) is 0 Å². The Morgan fingerprint density at radius 2 is 2.12 bits per heavy atom. The second-order valence-electron chi connectivity index (χ2n) is 3.60. The third-order valence-electron chi connectivity index (χ3n) is 2.61. The molecule has 0 spiro atoms. The summed E-state index contributed by atoms with van der Waals surface area (Å²) in [5, 5.41) is 15.9. The second-order valence-corrected chi connectivity index (χ2v) is 3.99. The molecule has 2 aromatic rings. The van der Waals surface area contributed by atoms with E-state index >= 15 is 0 Å². The normalized spacial score (nSPS) is 14.9. The van der Waals surface area contributed by atoms with Crippen LogP contribution in [0.1, 0.15) is 5.82 Å². The van der Waals surface area contributed by atoms with E-state index in [2.05, 4.69) is 25.3 Å². The monoisotopic (exact) mass is 236 g/mol. The zero-order chi connectivity index (χ0) is 11.0. The average molecular weight is 237 g/mol. The van der Waals surface area contributed by atoms with Gasteiger partial charge in [0.1, 0.15) is 6.33 Å². The first kappa shape index (κ1) is 9.53. The lowest BCUT2D eigenvalue weighted by Crippen LogP contribution is -2.33.